The lowest BCUT2D eigenvalue weighted by atomic mass is 10.0. The highest BCUT2D eigenvalue weighted by Gasteiger charge is 2.16. The zero-order chi connectivity index (χ0) is 16.4. The number of benzene rings is 1. The highest BCUT2D eigenvalue weighted by molar-refractivity contribution is 7.20. The molecule has 1 aromatic carbocycles. The topological polar surface area (TPSA) is 71.7 Å². The largest absolute Gasteiger partial charge is 0.392 e. The van der Waals surface area contributed by atoms with Crippen LogP contribution in [0.4, 0.5) is 5.13 Å². The summed E-state index contributed by atoms with van der Waals surface area (Å²) >= 11 is 1.55. The lowest BCUT2D eigenvalue weighted by Gasteiger charge is -2.21. The van der Waals surface area contributed by atoms with Crippen LogP contribution in [0.1, 0.15) is 18.4 Å². The van der Waals surface area contributed by atoms with Crippen molar-refractivity contribution in [3.05, 3.63) is 36.0 Å². The number of fused-ring (bicyclic) bond motifs is 1. The van der Waals surface area contributed by atoms with Crippen molar-refractivity contribution in [2.75, 3.05) is 25.1 Å². The second-order valence-corrected chi connectivity index (χ2v) is 6.95. The minimum absolute atomic E-state index is 0.00238. The Morgan fingerprint density at radius 3 is 2.96 bits per heavy atom. The molecule has 0 aliphatic carbocycles. The number of ether oxygens (including phenoxy) is 1. The molecule has 2 N–H and O–H groups in total. The number of anilines is 1. The Morgan fingerprint density at radius 1 is 1.29 bits per heavy atom. The van der Waals surface area contributed by atoms with Crippen LogP contribution in [0, 0.1) is 5.92 Å². The number of aliphatic hydroxyl groups excluding tert-OH is 1. The number of nitrogens with zero attached hydrogens (tertiary/aromatic N) is 3. The number of nitrogens with one attached hydrogen (secondary N) is 1. The number of hydrogen-bond donors (Lipinski definition) is 2. The van der Waals surface area contributed by atoms with Crippen molar-refractivity contribution in [1.29, 1.82) is 0 Å². The van der Waals surface area contributed by atoms with E-state index in [9.17, 15) is 5.11 Å². The molecule has 1 aliphatic rings. The van der Waals surface area contributed by atoms with Gasteiger partial charge in [-0.2, -0.15) is 0 Å². The Morgan fingerprint density at radius 2 is 2.12 bits per heavy atom. The first-order chi connectivity index (χ1) is 11.8. The maximum absolute atomic E-state index is 9.55. The molecule has 2 aromatic heterocycles. The van der Waals surface area contributed by atoms with Gasteiger partial charge in [-0.1, -0.05) is 35.6 Å². The van der Waals surface area contributed by atoms with Crippen LogP contribution in [0.3, 0.4) is 0 Å². The Hall–Kier alpha value is -1.96. The summed E-state index contributed by atoms with van der Waals surface area (Å²) in [5.74, 6) is 0.643. The van der Waals surface area contributed by atoms with Crippen LogP contribution in [0.5, 0.6) is 0 Å². The van der Waals surface area contributed by atoms with Crippen LogP contribution in [0.25, 0.3) is 16.2 Å². The summed E-state index contributed by atoms with van der Waals surface area (Å²) in [5, 5.41) is 18.5. The van der Waals surface area contributed by atoms with Gasteiger partial charge in [-0.15, -0.1) is 5.10 Å². The molecule has 1 saturated heterocycles. The van der Waals surface area contributed by atoms with Crippen molar-refractivity contribution < 1.29 is 9.84 Å². The second-order valence-electron chi connectivity index (χ2n) is 6.00. The molecule has 1 aliphatic heterocycles. The first-order valence-electron chi connectivity index (χ1n) is 8.20. The summed E-state index contributed by atoms with van der Waals surface area (Å²) < 4.78 is 7.25. The molecule has 0 amide bonds. The summed E-state index contributed by atoms with van der Waals surface area (Å²) in [6.07, 6.45) is 4.02. The fourth-order valence-corrected chi connectivity index (χ4v) is 3.82. The van der Waals surface area contributed by atoms with Crippen molar-refractivity contribution in [3.63, 3.8) is 0 Å². The van der Waals surface area contributed by atoms with Gasteiger partial charge in [-0.3, -0.25) is 0 Å². The van der Waals surface area contributed by atoms with Crippen molar-refractivity contribution in [3.8, 4) is 11.3 Å². The van der Waals surface area contributed by atoms with Crippen LogP contribution >= 0.6 is 11.3 Å². The molecule has 7 heteroatoms. The van der Waals surface area contributed by atoms with Crippen molar-refractivity contribution in [1.82, 2.24) is 14.6 Å². The number of aromatic nitrogens is 3. The molecule has 6 nitrogen and oxygen atoms in total. The first-order valence-corrected chi connectivity index (χ1v) is 9.02. The maximum Gasteiger partial charge on any atom is 0.214 e. The standard InChI is InChI=1S/C17H20N4O2S/c22-11-13-3-1-2-4-14(13)15-10-19-17-21(15)20-16(24-17)18-9-12-5-7-23-8-6-12/h1-4,10,12,22H,5-9,11H2,(H,18,20). The molecule has 0 saturated carbocycles. The van der Waals surface area contributed by atoms with Gasteiger partial charge < -0.3 is 15.2 Å². The van der Waals surface area contributed by atoms with Gasteiger partial charge in [-0.25, -0.2) is 9.50 Å². The first kappa shape index (κ1) is 15.6. The molecule has 0 radical (unpaired) electrons. The normalized spacial score (nSPS) is 15.9. The number of rotatable bonds is 5. The molecule has 0 unspecified atom stereocenters. The van der Waals surface area contributed by atoms with Crippen molar-refractivity contribution in [2.24, 2.45) is 5.92 Å². The molecule has 0 atom stereocenters. The average molecular weight is 344 g/mol. The summed E-state index contributed by atoms with van der Waals surface area (Å²) in [5.41, 5.74) is 2.75. The van der Waals surface area contributed by atoms with Crippen LogP contribution in [0.2, 0.25) is 0 Å². The minimum atomic E-state index is 0.00238. The lowest BCUT2D eigenvalue weighted by molar-refractivity contribution is 0.0699. The van der Waals surface area contributed by atoms with Gasteiger partial charge in [0.25, 0.3) is 0 Å². The van der Waals surface area contributed by atoms with Gasteiger partial charge in [0.15, 0.2) is 0 Å². The van der Waals surface area contributed by atoms with E-state index in [1.807, 2.05) is 35.0 Å². The van der Waals surface area contributed by atoms with E-state index in [0.717, 1.165) is 59.5 Å². The fourth-order valence-electron chi connectivity index (χ4n) is 3.04. The maximum atomic E-state index is 9.55. The van der Waals surface area contributed by atoms with E-state index >= 15 is 0 Å². The number of imidazole rings is 1. The molecule has 4 rings (SSSR count). The van der Waals surface area contributed by atoms with E-state index in [2.05, 4.69) is 15.4 Å². The van der Waals surface area contributed by atoms with E-state index in [1.54, 1.807) is 11.3 Å². The predicted molar refractivity (Wildman–Crippen MR) is 94.3 cm³/mol. The average Bonchev–Trinajstić information content (AvgIpc) is 3.21. The van der Waals surface area contributed by atoms with E-state index in [-0.39, 0.29) is 6.61 Å². The highest BCUT2D eigenvalue weighted by Crippen LogP contribution is 2.28. The Bertz CT molecular complexity index is 823. The molecule has 24 heavy (non-hydrogen) atoms. The second kappa shape index (κ2) is 6.88. The van der Waals surface area contributed by atoms with Gasteiger partial charge in [0.05, 0.1) is 18.5 Å². The van der Waals surface area contributed by atoms with Gasteiger partial charge in [-0.05, 0) is 24.3 Å². The third-order valence-corrected chi connectivity index (χ3v) is 5.31. The molecular formula is C17H20N4O2S. The van der Waals surface area contributed by atoms with Crippen molar-refractivity contribution >= 4 is 21.4 Å². The van der Waals surface area contributed by atoms with E-state index in [4.69, 9.17) is 4.74 Å². The third kappa shape index (κ3) is 3.02. The Balaban J connectivity index is 1.57. The number of hydrogen-bond acceptors (Lipinski definition) is 6. The van der Waals surface area contributed by atoms with Crippen LogP contribution < -0.4 is 5.32 Å². The molecule has 1 fully saturated rings. The van der Waals surface area contributed by atoms with Gasteiger partial charge in [0.2, 0.25) is 10.1 Å². The number of aliphatic hydroxyl groups is 1. The lowest BCUT2D eigenvalue weighted by Crippen LogP contribution is -2.22. The zero-order valence-electron chi connectivity index (χ0n) is 13.3. The molecular weight excluding hydrogens is 324 g/mol. The summed E-state index contributed by atoms with van der Waals surface area (Å²) in [6, 6.07) is 7.80. The van der Waals surface area contributed by atoms with E-state index in [0.29, 0.717) is 5.92 Å². The van der Waals surface area contributed by atoms with Gasteiger partial charge >= 0.3 is 0 Å². The highest BCUT2D eigenvalue weighted by atomic mass is 32.1. The summed E-state index contributed by atoms with van der Waals surface area (Å²) in [7, 11) is 0. The molecule has 0 bridgehead atoms. The smallest absolute Gasteiger partial charge is 0.214 e. The van der Waals surface area contributed by atoms with E-state index < -0.39 is 0 Å². The molecule has 3 aromatic rings. The summed E-state index contributed by atoms with van der Waals surface area (Å²) in [6.45, 7) is 2.64. The van der Waals surface area contributed by atoms with Crippen molar-refractivity contribution in [2.45, 2.75) is 19.4 Å². The SMILES string of the molecule is OCc1ccccc1-c1cnc2sc(NCC3CCOCC3)nn12. The Labute approximate surface area is 144 Å². The zero-order valence-corrected chi connectivity index (χ0v) is 14.1. The molecule has 126 valence electrons. The predicted octanol–water partition coefficient (Wildman–Crippen LogP) is 2.79. The molecule has 3 heterocycles. The monoisotopic (exact) mass is 344 g/mol. The third-order valence-electron chi connectivity index (χ3n) is 4.43. The van der Waals surface area contributed by atoms with Gasteiger partial charge in [0.1, 0.15) is 0 Å². The summed E-state index contributed by atoms with van der Waals surface area (Å²) in [4.78, 5) is 5.32. The van der Waals surface area contributed by atoms with Gasteiger partial charge in [0, 0.05) is 25.3 Å². The van der Waals surface area contributed by atoms with Crippen LogP contribution in [-0.2, 0) is 11.3 Å². The minimum Gasteiger partial charge on any atom is -0.392 e. The Kier molecular flexibility index (Phi) is 4.46. The quantitative estimate of drug-likeness (QED) is 0.745. The van der Waals surface area contributed by atoms with E-state index in [1.165, 1.54) is 0 Å². The molecule has 0 spiro atoms. The van der Waals surface area contributed by atoms with Crippen LogP contribution in [-0.4, -0.2) is 39.5 Å². The fraction of sp³-hybridized carbons (Fsp3) is 0.412. The van der Waals surface area contributed by atoms with Crippen LogP contribution in [0.15, 0.2) is 30.5 Å².